The zero-order chi connectivity index (χ0) is 28.7. The number of aromatic nitrogens is 5. The summed E-state index contributed by atoms with van der Waals surface area (Å²) in [6.07, 6.45) is 3.10. The molecule has 1 aromatic carbocycles. The summed E-state index contributed by atoms with van der Waals surface area (Å²) in [6.45, 7) is 10.8. The van der Waals surface area contributed by atoms with Crippen molar-refractivity contribution in [3.63, 3.8) is 0 Å². The fraction of sp³-hybridized carbons (Fsp3) is 0.267. The van der Waals surface area contributed by atoms with E-state index in [0.717, 1.165) is 15.8 Å². The van der Waals surface area contributed by atoms with Crippen LogP contribution in [-0.2, 0) is 17.8 Å². The van der Waals surface area contributed by atoms with Gasteiger partial charge in [0.25, 0.3) is 5.56 Å². The lowest BCUT2D eigenvalue weighted by Crippen LogP contribution is -2.40. The molecule has 0 aliphatic heterocycles. The van der Waals surface area contributed by atoms with E-state index in [4.69, 9.17) is 20.1 Å². The summed E-state index contributed by atoms with van der Waals surface area (Å²) in [5.74, 6) is 0.956. The summed E-state index contributed by atoms with van der Waals surface area (Å²) in [7, 11) is -1.89. The first kappa shape index (κ1) is 27.4. The van der Waals surface area contributed by atoms with Crippen LogP contribution in [-0.4, -0.2) is 32.4 Å². The van der Waals surface area contributed by atoms with Gasteiger partial charge in [-0.2, -0.15) is 0 Å². The minimum atomic E-state index is -1.89. The zero-order valence-corrected chi connectivity index (χ0v) is 24.4. The van der Waals surface area contributed by atoms with Crippen LogP contribution in [0.25, 0.3) is 39.5 Å². The number of imidazole rings is 1. The van der Waals surface area contributed by atoms with Gasteiger partial charge < -0.3 is 10.2 Å². The van der Waals surface area contributed by atoms with Gasteiger partial charge in [-0.15, -0.1) is 0 Å². The highest BCUT2D eigenvalue weighted by Crippen LogP contribution is 2.37. The molecule has 0 spiro atoms. The first-order chi connectivity index (χ1) is 19.0. The molecule has 5 rings (SSSR count). The van der Waals surface area contributed by atoms with E-state index in [2.05, 4.69) is 38.8 Å². The number of alkyl halides is 1. The Balaban J connectivity index is 1.61. The van der Waals surface area contributed by atoms with Gasteiger partial charge in [-0.25, -0.2) is 19.3 Å². The Morgan fingerprint density at radius 1 is 1.00 bits per heavy atom. The van der Waals surface area contributed by atoms with Crippen LogP contribution in [0.1, 0.15) is 26.3 Å². The number of pyridine rings is 3. The van der Waals surface area contributed by atoms with E-state index in [9.17, 15) is 9.18 Å². The molecule has 4 heterocycles. The molecule has 2 N–H and O–H groups in total. The Morgan fingerprint density at radius 3 is 2.42 bits per heavy atom. The van der Waals surface area contributed by atoms with E-state index >= 15 is 0 Å². The van der Waals surface area contributed by atoms with Crippen molar-refractivity contribution in [3.8, 4) is 28.3 Å². The van der Waals surface area contributed by atoms with Gasteiger partial charge >= 0.3 is 0 Å². The number of nitrogen functional groups attached to an aromatic ring is 1. The number of hydrogen-bond acceptors (Lipinski definition) is 6. The molecular formula is C30H33FN6O2Si. The van der Waals surface area contributed by atoms with Crippen molar-refractivity contribution < 1.29 is 8.82 Å². The fourth-order valence-corrected chi connectivity index (χ4v) is 5.11. The van der Waals surface area contributed by atoms with Gasteiger partial charge in [-0.1, -0.05) is 32.9 Å². The normalized spacial score (nSPS) is 12.2. The Bertz CT molecular complexity index is 1740. The van der Waals surface area contributed by atoms with Gasteiger partial charge in [0.1, 0.15) is 11.3 Å². The van der Waals surface area contributed by atoms with Crippen molar-refractivity contribution in [2.75, 3.05) is 5.73 Å². The number of fused-ring (bicyclic) bond motifs is 1. The molecule has 0 radical (unpaired) electrons. The average Bonchev–Trinajstić information content (AvgIpc) is 3.30. The van der Waals surface area contributed by atoms with Crippen LogP contribution in [0.15, 0.2) is 77.9 Å². The summed E-state index contributed by atoms with van der Waals surface area (Å²) in [4.78, 5) is 25.9. The van der Waals surface area contributed by atoms with Gasteiger partial charge in [0, 0.05) is 29.7 Å². The van der Waals surface area contributed by atoms with Gasteiger partial charge in [0.05, 0.1) is 17.9 Å². The average molecular weight is 557 g/mol. The van der Waals surface area contributed by atoms with Crippen molar-refractivity contribution in [3.05, 3.63) is 89.0 Å². The zero-order valence-electron chi connectivity index (χ0n) is 23.4. The molecule has 10 heteroatoms. The Kier molecular flexibility index (Phi) is 7.15. The largest absolute Gasteiger partial charge is 0.413 e. The highest BCUT2D eigenvalue weighted by atomic mass is 28.4. The molecule has 0 amide bonds. The number of halogens is 1. The van der Waals surface area contributed by atoms with Gasteiger partial charge in [0.15, 0.2) is 26.6 Å². The van der Waals surface area contributed by atoms with Gasteiger partial charge in [0.2, 0.25) is 0 Å². The third-order valence-corrected chi connectivity index (χ3v) is 12.1. The summed E-state index contributed by atoms with van der Waals surface area (Å²) in [6, 6.07) is 18.5. The van der Waals surface area contributed by atoms with Crippen molar-refractivity contribution in [1.82, 2.24) is 24.1 Å². The number of benzene rings is 1. The van der Waals surface area contributed by atoms with E-state index in [1.54, 1.807) is 18.3 Å². The number of nitrogens with two attached hydrogens (primary N) is 1. The molecule has 0 unspecified atom stereocenters. The lowest BCUT2D eigenvalue weighted by atomic mass is 10.2. The molecule has 0 aliphatic carbocycles. The quantitative estimate of drug-likeness (QED) is 0.235. The highest BCUT2D eigenvalue weighted by Gasteiger charge is 2.37. The Labute approximate surface area is 233 Å². The van der Waals surface area contributed by atoms with E-state index < -0.39 is 20.7 Å². The lowest BCUT2D eigenvalue weighted by molar-refractivity contribution is 0.276. The number of hydrogen-bond donors (Lipinski definition) is 1. The first-order valence-corrected chi connectivity index (χ1v) is 16.0. The van der Waals surface area contributed by atoms with Crippen molar-refractivity contribution in [2.45, 2.75) is 52.3 Å². The Hall–Kier alpha value is -4.15. The van der Waals surface area contributed by atoms with E-state index in [0.29, 0.717) is 46.2 Å². The van der Waals surface area contributed by atoms with Crippen LogP contribution < -0.4 is 11.3 Å². The van der Waals surface area contributed by atoms with Crippen molar-refractivity contribution in [2.24, 2.45) is 0 Å². The van der Waals surface area contributed by atoms with E-state index in [1.807, 2.05) is 47.0 Å². The molecule has 0 saturated heterocycles. The third kappa shape index (κ3) is 5.19. The molecule has 0 aliphatic rings. The molecule has 4 aromatic heterocycles. The second kappa shape index (κ2) is 10.4. The predicted octanol–water partition coefficient (Wildman–Crippen LogP) is 6.34. The van der Waals surface area contributed by atoms with Crippen LogP contribution >= 0.6 is 0 Å². The fourth-order valence-electron chi connectivity index (χ4n) is 4.15. The van der Waals surface area contributed by atoms with Crippen LogP contribution in [0.4, 0.5) is 10.2 Å². The summed E-state index contributed by atoms with van der Waals surface area (Å²) in [5, 5.41) is 0.127. The Morgan fingerprint density at radius 2 is 1.75 bits per heavy atom. The molecule has 40 heavy (non-hydrogen) atoms. The minimum Gasteiger partial charge on any atom is -0.413 e. The number of anilines is 1. The van der Waals surface area contributed by atoms with Crippen LogP contribution in [0, 0.1) is 0 Å². The second-order valence-corrected chi connectivity index (χ2v) is 16.1. The first-order valence-electron chi connectivity index (χ1n) is 13.1. The van der Waals surface area contributed by atoms with E-state index in [-0.39, 0.29) is 5.04 Å². The molecule has 8 nitrogen and oxygen atoms in total. The molecule has 0 fully saturated rings. The van der Waals surface area contributed by atoms with Crippen LogP contribution in [0.5, 0.6) is 0 Å². The monoisotopic (exact) mass is 556 g/mol. The minimum absolute atomic E-state index is 0.127. The number of rotatable bonds is 7. The summed E-state index contributed by atoms with van der Waals surface area (Å²) in [5.41, 5.74) is 10.9. The second-order valence-electron chi connectivity index (χ2n) is 11.3. The topological polar surface area (TPSA) is 101 Å². The standard InChI is InChI=1S/C30H33FN6O2Si/c1-30(2,3)40(4,5)39-18-20-8-11-22(12-9-20)37-28(23-7-6-16-33-27(23)32)35-25-14-13-24(34-29(25)37)21-10-15-26(38)36(17-21)19-31/h6-17H,18-19H2,1-5H3,(H2,32,33). The lowest BCUT2D eigenvalue weighted by Gasteiger charge is -2.36. The van der Waals surface area contributed by atoms with Crippen molar-refractivity contribution in [1.29, 1.82) is 0 Å². The maximum Gasteiger partial charge on any atom is 0.252 e. The molecule has 206 valence electrons. The highest BCUT2D eigenvalue weighted by molar-refractivity contribution is 6.74. The molecule has 5 aromatic rings. The molecule has 0 atom stereocenters. The van der Waals surface area contributed by atoms with E-state index in [1.165, 1.54) is 12.3 Å². The van der Waals surface area contributed by atoms with Crippen LogP contribution in [0.2, 0.25) is 18.1 Å². The maximum atomic E-state index is 13.4. The molecular weight excluding hydrogens is 523 g/mol. The third-order valence-electron chi connectivity index (χ3n) is 7.59. The predicted molar refractivity (Wildman–Crippen MR) is 159 cm³/mol. The summed E-state index contributed by atoms with van der Waals surface area (Å²) < 4.78 is 22.7. The van der Waals surface area contributed by atoms with Crippen molar-refractivity contribution >= 4 is 25.3 Å². The van der Waals surface area contributed by atoms with Gasteiger partial charge in [-0.3, -0.25) is 13.9 Å². The maximum absolute atomic E-state index is 13.4. The molecule has 0 bridgehead atoms. The molecule has 0 saturated carbocycles. The summed E-state index contributed by atoms with van der Waals surface area (Å²) >= 11 is 0. The number of nitrogens with zero attached hydrogens (tertiary/aromatic N) is 5. The van der Waals surface area contributed by atoms with Gasteiger partial charge in [-0.05, 0) is 66.2 Å². The SMILES string of the molecule is CC(C)(C)[Si](C)(C)OCc1ccc(-n2c(-c3cccnc3N)nc3ccc(-c4ccc(=O)n(CF)c4)nc32)cc1. The smallest absolute Gasteiger partial charge is 0.252 e. The van der Waals surface area contributed by atoms with Crippen LogP contribution in [0.3, 0.4) is 0 Å².